The van der Waals surface area contributed by atoms with Gasteiger partial charge in [0.05, 0.1) is 0 Å². The summed E-state index contributed by atoms with van der Waals surface area (Å²) in [6.45, 7) is 5.55. The van der Waals surface area contributed by atoms with Crippen LogP contribution in [0, 0.1) is 5.41 Å². The fourth-order valence-electron chi connectivity index (χ4n) is 2.34. The van der Waals surface area contributed by atoms with Crippen molar-refractivity contribution in [3.8, 4) is 11.5 Å². The highest BCUT2D eigenvalue weighted by molar-refractivity contribution is 6.30. The minimum absolute atomic E-state index is 0.114. The first-order valence-corrected chi connectivity index (χ1v) is 8.67. The second-order valence-corrected chi connectivity index (χ2v) is 7.46. The number of carbonyl (C=O) groups excluding carboxylic acids is 1. The highest BCUT2D eigenvalue weighted by atomic mass is 35.5. The van der Waals surface area contributed by atoms with Gasteiger partial charge in [-0.3, -0.25) is 4.79 Å². The minimum atomic E-state index is -0.552. The molecule has 5 nitrogen and oxygen atoms in total. The van der Waals surface area contributed by atoms with Gasteiger partial charge < -0.3 is 9.73 Å². The number of carbonyl (C=O) groups is 1. The number of amides is 1. The van der Waals surface area contributed by atoms with Crippen LogP contribution < -0.4 is 5.32 Å². The van der Waals surface area contributed by atoms with Crippen LogP contribution in [0.4, 0.5) is 0 Å². The van der Waals surface area contributed by atoms with E-state index in [9.17, 15) is 4.79 Å². The Hall–Kier alpha value is -2.66. The first kappa shape index (κ1) is 18.1. The van der Waals surface area contributed by atoms with Gasteiger partial charge in [-0.2, -0.15) is 0 Å². The van der Waals surface area contributed by atoms with Crippen molar-refractivity contribution in [3.63, 3.8) is 0 Å². The maximum Gasteiger partial charge on any atom is 0.247 e. The van der Waals surface area contributed by atoms with Crippen molar-refractivity contribution >= 4 is 17.5 Å². The van der Waals surface area contributed by atoms with E-state index in [0.29, 0.717) is 16.8 Å². The predicted molar refractivity (Wildman–Crippen MR) is 101 cm³/mol. The summed E-state index contributed by atoms with van der Waals surface area (Å²) in [5.41, 5.74) is 1.09. The number of rotatable bonds is 4. The van der Waals surface area contributed by atoms with E-state index in [1.165, 1.54) is 0 Å². The van der Waals surface area contributed by atoms with Gasteiger partial charge in [0.25, 0.3) is 0 Å². The third-order valence-corrected chi connectivity index (χ3v) is 4.12. The second-order valence-electron chi connectivity index (χ2n) is 7.02. The standard InChI is InChI=1S/C20H20ClN3O2/c1-20(2,3)19(25)22-16(13-9-11-15(21)12-10-13)18-24-23-17(26-18)14-7-5-4-6-8-14/h4-12,16H,1-3H3,(H,22,25). The van der Waals surface area contributed by atoms with Crippen molar-refractivity contribution in [1.29, 1.82) is 0 Å². The van der Waals surface area contributed by atoms with E-state index in [1.807, 2.05) is 63.2 Å². The zero-order valence-corrected chi connectivity index (χ0v) is 15.6. The molecule has 0 aliphatic carbocycles. The van der Waals surface area contributed by atoms with E-state index >= 15 is 0 Å². The van der Waals surface area contributed by atoms with Gasteiger partial charge in [0.15, 0.2) is 0 Å². The molecule has 6 heteroatoms. The van der Waals surface area contributed by atoms with E-state index < -0.39 is 11.5 Å². The molecule has 1 unspecified atom stereocenters. The molecule has 0 saturated carbocycles. The summed E-state index contributed by atoms with van der Waals surface area (Å²) in [6.07, 6.45) is 0. The van der Waals surface area contributed by atoms with Crippen LogP contribution >= 0.6 is 11.6 Å². The van der Waals surface area contributed by atoms with E-state index in [1.54, 1.807) is 12.1 Å². The summed E-state index contributed by atoms with van der Waals surface area (Å²) in [5, 5.41) is 11.9. The molecular weight excluding hydrogens is 350 g/mol. The highest BCUT2D eigenvalue weighted by Crippen LogP contribution is 2.27. The number of halogens is 1. The van der Waals surface area contributed by atoms with Gasteiger partial charge in [0.2, 0.25) is 17.7 Å². The van der Waals surface area contributed by atoms with Crippen LogP contribution in [0.5, 0.6) is 0 Å². The molecule has 3 rings (SSSR count). The Morgan fingerprint density at radius 3 is 2.31 bits per heavy atom. The number of hydrogen-bond donors (Lipinski definition) is 1. The van der Waals surface area contributed by atoms with E-state index in [2.05, 4.69) is 15.5 Å². The van der Waals surface area contributed by atoms with Crippen molar-refractivity contribution in [2.24, 2.45) is 5.41 Å². The van der Waals surface area contributed by atoms with Crippen molar-refractivity contribution in [2.75, 3.05) is 0 Å². The zero-order chi connectivity index (χ0) is 18.7. The summed E-state index contributed by atoms with van der Waals surface area (Å²) in [4.78, 5) is 12.5. The lowest BCUT2D eigenvalue weighted by Crippen LogP contribution is -2.38. The molecule has 1 heterocycles. The zero-order valence-electron chi connectivity index (χ0n) is 14.9. The molecule has 0 aliphatic rings. The van der Waals surface area contributed by atoms with E-state index in [0.717, 1.165) is 11.1 Å². The summed E-state index contributed by atoms with van der Waals surface area (Å²) in [5.74, 6) is 0.616. The topological polar surface area (TPSA) is 68.0 Å². The van der Waals surface area contributed by atoms with Crippen LogP contribution in [0.3, 0.4) is 0 Å². The van der Waals surface area contributed by atoms with Crippen molar-refractivity contribution < 1.29 is 9.21 Å². The lowest BCUT2D eigenvalue weighted by atomic mass is 9.94. The Labute approximate surface area is 157 Å². The molecule has 0 fully saturated rings. The van der Waals surface area contributed by atoms with Crippen molar-refractivity contribution in [1.82, 2.24) is 15.5 Å². The van der Waals surface area contributed by atoms with Gasteiger partial charge in [0, 0.05) is 16.0 Å². The van der Waals surface area contributed by atoms with E-state index in [-0.39, 0.29) is 5.91 Å². The first-order chi connectivity index (χ1) is 12.3. The summed E-state index contributed by atoms with van der Waals surface area (Å²) in [7, 11) is 0. The Bertz CT molecular complexity index is 883. The summed E-state index contributed by atoms with van der Waals surface area (Å²) in [6, 6.07) is 16.2. The monoisotopic (exact) mass is 369 g/mol. The number of nitrogens with zero attached hydrogens (tertiary/aromatic N) is 2. The maximum atomic E-state index is 12.5. The van der Waals surface area contributed by atoms with Gasteiger partial charge in [-0.25, -0.2) is 0 Å². The minimum Gasteiger partial charge on any atom is -0.418 e. The van der Waals surface area contributed by atoms with Crippen LogP contribution in [-0.4, -0.2) is 16.1 Å². The Morgan fingerprint density at radius 1 is 1.04 bits per heavy atom. The molecule has 0 spiro atoms. The number of aromatic nitrogens is 2. The van der Waals surface area contributed by atoms with E-state index in [4.69, 9.17) is 16.0 Å². The molecule has 0 radical (unpaired) electrons. The third-order valence-electron chi connectivity index (χ3n) is 3.87. The third kappa shape index (κ3) is 4.11. The molecule has 2 aromatic carbocycles. The number of benzene rings is 2. The summed E-state index contributed by atoms with van der Waals surface area (Å²) >= 11 is 5.99. The number of nitrogens with one attached hydrogen (secondary N) is 1. The normalized spacial score (nSPS) is 12.6. The van der Waals surface area contributed by atoms with Crippen LogP contribution in [-0.2, 0) is 4.79 Å². The molecule has 0 saturated heterocycles. The molecule has 1 N–H and O–H groups in total. The fourth-order valence-corrected chi connectivity index (χ4v) is 2.47. The van der Waals surface area contributed by atoms with Crippen molar-refractivity contribution in [2.45, 2.75) is 26.8 Å². The summed E-state index contributed by atoms with van der Waals surface area (Å²) < 4.78 is 5.86. The Balaban J connectivity index is 1.97. The number of hydrogen-bond acceptors (Lipinski definition) is 4. The molecule has 134 valence electrons. The van der Waals surface area contributed by atoms with Crippen LogP contribution in [0.2, 0.25) is 5.02 Å². The van der Waals surface area contributed by atoms with Gasteiger partial charge in [0.1, 0.15) is 6.04 Å². The molecule has 0 aliphatic heterocycles. The highest BCUT2D eigenvalue weighted by Gasteiger charge is 2.28. The molecule has 1 atom stereocenters. The molecule has 0 bridgehead atoms. The van der Waals surface area contributed by atoms with Gasteiger partial charge in [-0.05, 0) is 29.8 Å². The van der Waals surface area contributed by atoms with Crippen LogP contribution in [0.25, 0.3) is 11.5 Å². The Morgan fingerprint density at radius 2 is 1.69 bits per heavy atom. The van der Waals surface area contributed by atoms with Crippen LogP contribution in [0.1, 0.15) is 38.3 Å². The second kappa shape index (κ2) is 7.30. The van der Waals surface area contributed by atoms with Gasteiger partial charge in [-0.1, -0.05) is 62.7 Å². The lowest BCUT2D eigenvalue weighted by molar-refractivity contribution is -0.129. The largest absolute Gasteiger partial charge is 0.418 e. The fraction of sp³-hybridized carbons (Fsp3) is 0.250. The van der Waals surface area contributed by atoms with Gasteiger partial charge in [-0.15, -0.1) is 10.2 Å². The molecule has 26 heavy (non-hydrogen) atoms. The molecule has 1 amide bonds. The maximum absolute atomic E-state index is 12.5. The Kier molecular flexibility index (Phi) is 5.09. The molecular formula is C20H20ClN3O2. The predicted octanol–water partition coefficient (Wildman–Crippen LogP) is 4.64. The van der Waals surface area contributed by atoms with Crippen molar-refractivity contribution in [3.05, 3.63) is 71.1 Å². The SMILES string of the molecule is CC(C)(C)C(=O)NC(c1ccc(Cl)cc1)c1nnc(-c2ccccc2)o1. The average molecular weight is 370 g/mol. The lowest BCUT2D eigenvalue weighted by Gasteiger charge is -2.22. The van der Waals surface area contributed by atoms with Gasteiger partial charge >= 0.3 is 0 Å². The van der Waals surface area contributed by atoms with Crippen LogP contribution in [0.15, 0.2) is 59.0 Å². The quantitative estimate of drug-likeness (QED) is 0.727. The average Bonchev–Trinajstić information content (AvgIpc) is 3.10. The first-order valence-electron chi connectivity index (χ1n) is 8.30. The molecule has 1 aromatic heterocycles. The smallest absolute Gasteiger partial charge is 0.247 e. The molecule has 3 aromatic rings.